The maximum absolute atomic E-state index is 12.7. The van der Waals surface area contributed by atoms with Crippen LogP contribution in [0.5, 0.6) is 0 Å². The average Bonchev–Trinajstić information content (AvgIpc) is 2.64. The van der Waals surface area contributed by atoms with Gasteiger partial charge >= 0.3 is 6.18 Å². The van der Waals surface area contributed by atoms with Crippen LogP contribution in [-0.4, -0.2) is 61.3 Å². The van der Waals surface area contributed by atoms with E-state index in [1.54, 1.807) is 17.0 Å². The Morgan fingerprint density at radius 2 is 1.79 bits per heavy atom. The topological polar surface area (TPSA) is 66.0 Å². The summed E-state index contributed by atoms with van der Waals surface area (Å²) >= 11 is 0. The Balaban J connectivity index is 1.94. The minimum atomic E-state index is -4.21. The van der Waals surface area contributed by atoms with Crippen molar-refractivity contribution in [2.75, 3.05) is 26.2 Å². The molecular weight excluding hydrogens is 385 g/mol. The monoisotopic (exact) mass is 414 g/mol. The summed E-state index contributed by atoms with van der Waals surface area (Å²) < 4.78 is 42.5. The third kappa shape index (κ3) is 7.92. The summed E-state index contributed by atoms with van der Waals surface area (Å²) in [6.45, 7) is 7.45. The fourth-order valence-corrected chi connectivity index (χ4v) is 3.11. The number of alkyl halides is 3. The van der Waals surface area contributed by atoms with Crippen LogP contribution < -0.4 is 10.6 Å². The molecule has 1 saturated heterocycles. The molecule has 1 fully saturated rings. The number of rotatable bonds is 6. The molecule has 2 N–H and O–H groups in total. The van der Waals surface area contributed by atoms with Gasteiger partial charge < -0.3 is 20.3 Å². The number of aliphatic imine (C=N–C) groups is 1. The quantitative estimate of drug-likeness (QED) is 0.555. The Morgan fingerprint density at radius 1 is 1.17 bits per heavy atom. The van der Waals surface area contributed by atoms with Gasteiger partial charge in [0.25, 0.3) is 5.91 Å². The van der Waals surface area contributed by atoms with Crippen molar-refractivity contribution < 1.29 is 22.7 Å². The molecule has 9 heteroatoms. The number of nitrogens with zero attached hydrogens (tertiary/aromatic N) is 2. The fourth-order valence-electron chi connectivity index (χ4n) is 3.11. The summed E-state index contributed by atoms with van der Waals surface area (Å²) in [5.74, 6) is 0.289. The van der Waals surface area contributed by atoms with E-state index in [0.717, 1.165) is 5.56 Å². The summed E-state index contributed by atoms with van der Waals surface area (Å²) in [5, 5.41) is 5.59. The van der Waals surface area contributed by atoms with Gasteiger partial charge in [0.2, 0.25) is 0 Å². The third-order valence-electron chi connectivity index (χ3n) is 4.37. The SMILES string of the molecule is CCNC(=NCc1ccc(C(=O)N2CC(C)OC(C)C2)cc1)NCCC(F)(F)F. The number of hydrogen-bond acceptors (Lipinski definition) is 3. The van der Waals surface area contributed by atoms with E-state index in [2.05, 4.69) is 15.6 Å². The van der Waals surface area contributed by atoms with Crippen LogP contribution in [0.15, 0.2) is 29.3 Å². The standard InChI is InChI=1S/C20H29F3N4O2/c1-4-24-19(25-10-9-20(21,22)23)26-11-16-5-7-17(8-6-16)18(28)27-12-14(2)29-15(3)13-27/h5-8,14-15H,4,9-13H2,1-3H3,(H2,24,25,26). The van der Waals surface area contributed by atoms with E-state index in [1.807, 2.05) is 32.9 Å². The number of guanidine groups is 1. The Hall–Kier alpha value is -2.29. The number of nitrogens with one attached hydrogen (secondary N) is 2. The number of carbonyl (C=O) groups excluding carboxylic acids is 1. The van der Waals surface area contributed by atoms with Gasteiger partial charge in [-0.3, -0.25) is 4.79 Å². The van der Waals surface area contributed by atoms with E-state index in [0.29, 0.717) is 37.7 Å². The molecule has 1 amide bonds. The van der Waals surface area contributed by atoms with E-state index in [4.69, 9.17) is 4.74 Å². The number of carbonyl (C=O) groups is 1. The van der Waals surface area contributed by atoms with Crippen LogP contribution in [0.3, 0.4) is 0 Å². The van der Waals surface area contributed by atoms with Gasteiger partial charge in [-0.05, 0) is 38.5 Å². The van der Waals surface area contributed by atoms with E-state index in [9.17, 15) is 18.0 Å². The Morgan fingerprint density at radius 3 is 2.34 bits per heavy atom. The molecule has 0 aliphatic carbocycles. The molecule has 2 atom stereocenters. The van der Waals surface area contributed by atoms with E-state index in [1.165, 1.54) is 0 Å². The number of benzene rings is 1. The zero-order valence-corrected chi connectivity index (χ0v) is 17.1. The van der Waals surface area contributed by atoms with Gasteiger partial charge in [0.05, 0.1) is 25.2 Å². The lowest BCUT2D eigenvalue weighted by molar-refractivity contribution is -0.132. The lowest BCUT2D eigenvalue weighted by Gasteiger charge is -2.35. The van der Waals surface area contributed by atoms with Crippen molar-refractivity contribution >= 4 is 11.9 Å². The Labute approximate surface area is 169 Å². The first-order valence-electron chi connectivity index (χ1n) is 9.80. The molecule has 0 aromatic heterocycles. The molecule has 2 unspecified atom stereocenters. The number of hydrogen-bond donors (Lipinski definition) is 2. The maximum atomic E-state index is 12.7. The minimum absolute atomic E-state index is 0.00522. The summed E-state index contributed by atoms with van der Waals surface area (Å²) in [6.07, 6.45) is -5.12. The van der Waals surface area contributed by atoms with Gasteiger partial charge in [-0.1, -0.05) is 12.1 Å². The number of ether oxygens (including phenoxy) is 1. The van der Waals surface area contributed by atoms with Crippen molar-refractivity contribution in [2.24, 2.45) is 4.99 Å². The fraction of sp³-hybridized carbons (Fsp3) is 0.600. The van der Waals surface area contributed by atoms with Gasteiger partial charge in [-0.25, -0.2) is 4.99 Å². The van der Waals surface area contributed by atoms with E-state index < -0.39 is 12.6 Å². The summed E-state index contributed by atoms with van der Waals surface area (Å²) in [5.41, 5.74) is 1.45. The molecule has 0 radical (unpaired) electrons. The van der Waals surface area contributed by atoms with E-state index >= 15 is 0 Å². The van der Waals surface area contributed by atoms with Crippen molar-refractivity contribution in [1.82, 2.24) is 15.5 Å². The summed E-state index contributed by atoms with van der Waals surface area (Å²) in [6, 6.07) is 7.12. The van der Waals surface area contributed by atoms with Gasteiger partial charge in [0, 0.05) is 31.7 Å². The van der Waals surface area contributed by atoms with Crippen molar-refractivity contribution in [1.29, 1.82) is 0 Å². The normalized spacial score (nSPS) is 20.5. The zero-order chi connectivity index (χ0) is 21.4. The van der Waals surface area contributed by atoms with Crippen molar-refractivity contribution in [3.63, 3.8) is 0 Å². The second kappa shape index (κ2) is 10.5. The van der Waals surface area contributed by atoms with Crippen molar-refractivity contribution in [2.45, 2.75) is 52.1 Å². The first-order valence-corrected chi connectivity index (χ1v) is 9.80. The zero-order valence-electron chi connectivity index (χ0n) is 17.1. The number of morpholine rings is 1. The van der Waals surface area contributed by atoms with Crippen LogP contribution >= 0.6 is 0 Å². The molecule has 1 aliphatic rings. The van der Waals surface area contributed by atoms with Gasteiger partial charge in [-0.2, -0.15) is 13.2 Å². The second-order valence-corrected chi connectivity index (χ2v) is 7.15. The Kier molecular flexibility index (Phi) is 8.31. The highest BCUT2D eigenvalue weighted by Gasteiger charge is 2.27. The Bertz CT molecular complexity index is 682. The molecule has 2 rings (SSSR count). The molecule has 29 heavy (non-hydrogen) atoms. The van der Waals surface area contributed by atoms with E-state index in [-0.39, 0.29) is 24.7 Å². The molecular formula is C20H29F3N4O2. The average molecular weight is 414 g/mol. The lowest BCUT2D eigenvalue weighted by Crippen LogP contribution is -2.48. The van der Waals surface area contributed by atoms with Crippen LogP contribution in [0, 0.1) is 0 Å². The van der Waals surface area contributed by atoms with Crippen molar-refractivity contribution in [3.8, 4) is 0 Å². The lowest BCUT2D eigenvalue weighted by atomic mass is 10.1. The molecule has 0 saturated carbocycles. The van der Waals surface area contributed by atoms with Crippen LogP contribution in [-0.2, 0) is 11.3 Å². The molecule has 0 bridgehead atoms. The summed E-state index contributed by atoms with van der Waals surface area (Å²) in [7, 11) is 0. The predicted molar refractivity (Wildman–Crippen MR) is 106 cm³/mol. The highest BCUT2D eigenvalue weighted by molar-refractivity contribution is 5.94. The minimum Gasteiger partial charge on any atom is -0.372 e. The first kappa shape index (κ1) is 23.0. The van der Waals surface area contributed by atoms with Crippen LogP contribution in [0.4, 0.5) is 13.2 Å². The molecule has 1 aliphatic heterocycles. The molecule has 1 heterocycles. The number of halogens is 3. The van der Waals surface area contributed by atoms with Gasteiger partial charge in [0.15, 0.2) is 5.96 Å². The predicted octanol–water partition coefficient (Wildman–Crippen LogP) is 2.94. The van der Waals surface area contributed by atoms with Gasteiger partial charge in [-0.15, -0.1) is 0 Å². The maximum Gasteiger partial charge on any atom is 0.390 e. The highest BCUT2D eigenvalue weighted by Crippen LogP contribution is 2.18. The third-order valence-corrected chi connectivity index (χ3v) is 4.37. The van der Waals surface area contributed by atoms with Crippen LogP contribution in [0.2, 0.25) is 0 Å². The second-order valence-electron chi connectivity index (χ2n) is 7.15. The molecule has 6 nitrogen and oxygen atoms in total. The highest BCUT2D eigenvalue weighted by atomic mass is 19.4. The summed E-state index contributed by atoms with van der Waals surface area (Å²) in [4.78, 5) is 18.8. The smallest absolute Gasteiger partial charge is 0.372 e. The van der Waals surface area contributed by atoms with Crippen LogP contribution in [0.1, 0.15) is 43.1 Å². The molecule has 1 aromatic carbocycles. The van der Waals surface area contributed by atoms with Crippen LogP contribution in [0.25, 0.3) is 0 Å². The van der Waals surface area contributed by atoms with Gasteiger partial charge in [0.1, 0.15) is 0 Å². The van der Waals surface area contributed by atoms with Crippen molar-refractivity contribution in [3.05, 3.63) is 35.4 Å². The number of amides is 1. The molecule has 1 aromatic rings. The largest absolute Gasteiger partial charge is 0.390 e. The molecule has 162 valence electrons. The molecule has 0 spiro atoms. The first-order chi connectivity index (χ1) is 13.7.